The summed E-state index contributed by atoms with van der Waals surface area (Å²) in [7, 11) is 0. The topological polar surface area (TPSA) is 189 Å². The number of nitro groups is 2. The van der Waals surface area contributed by atoms with Crippen molar-refractivity contribution in [2.45, 2.75) is 32.5 Å². The zero-order chi connectivity index (χ0) is 26.1. The van der Waals surface area contributed by atoms with E-state index in [-0.39, 0.29) is 50.3 Å². The zero-order valence-electron chi connectivity index (χ0n) is 18.9. The lowest BCUT2D eigenvalue weighted by Crippen LogP contribution is -2.41. The van der Waals surface area contributed by atoms with Gasteiger partial charge in [0.1, 0.15) is 31.5 Å². The fraction of sp³-hybridized carbons (Fsp3) is 0.476. The first-order valence-corrected chi connectivity index (χ1v) is 10.5. The lowest BCUT2D eigenvalue weighted by atomic mass is 9.97. The van der Waals surface area contributed by atoms with Gasteiger partial charge in [-0.3, -0.25) is 25.0 Å². The molecule has 1 aromatic rings. The van der Waals surface area contributed by atoms with Crippen molar-refractivity contribution in [3.05, 3.63) is 56.1 Å². The summed E-state index contributed by atoms with van der Waals surface area (Å²) < 4.78 is 14.9. The molecule has 1 N–H and O–H groups in total. The van der Waals surface area contributed by atoms with Crippen molar-refractivity contribution in [1.29, 1.82) is 0 Å². The summed E-state index contributed by atoms with van der Waals surface area (Å²) in [6.45, 7) is 3.70. The van der Waals surface area contributed by atoms with Crippen molar-refractivity contribution in [1.82, 2.24) is 4.90 Å². The number of piperidine rings is 1. The Kier molecular flexibility index (Phi) is 9.64. The molecule has 1 saturated heterocycles. The molecule has 1 heterocycles. The Morgan fingerprint density at radius 2 is 1.63 bits per heavy atom. The Labute approximate surface area is 199 Å². The number of amides is 1. The van der Waals surface area contributed by atoms with E-state index in [1.807, 2.05) is 0 Å². The SMILES string of the molecule is C=C(C)C(=O)OCC(O)COC(=O)C1CCN(C(=O)OCc2c([N+](=O)[O-])cccc2[N+](=O)[O-])CC1. The van der Waals surface area contributed by atoms with Crippen LogP contribution in [0.1, 0.15) is 25.3 Å². The number of esters is 2. The highest BCUT2D eigenvalue weighted by atomic mass is 16.6. The van der Waals surface area contributed by atoms with E-state index in [1.54, 1.807) is 0 Å². The van der Waals surface area contributed by atoms with Gasteiger partial charge in [0.25, 0.3) is 11.4 Å². The predicted molar refractivity (Wildman–Crippen MR) is 117 cm³/mol. The fourth-order valence-corrected chi connectivity index (χ4v) is 3.22. The van der Waals surface area contributed by atoms with Gasteiger partial charge < -0.3 is 24.2 Å². The van der Waals surface area contributed by atoms with Gasteiger partial charge in [-0.2, -0.15) is 0 Å². The minimum absolute atomic E-state index is 0.121. The van der Waals surface area contributed by atoms with Gasteiger partial charge in [0.05, 0.1) is 15.8 Å². The van der Waals surface area contributed by atoms with Crippen LogP contribution in [0, 0.1) is 26.1 Å². The van der Waals surface area contributed by atoms with E-state index in [4.69, 9.17) is 14.2 Å². The van der Waals surface area contributed by atoms with Crippen molar-refractivity contribution >= 4 is 29.4 Å². The second kappa shape index (κ2) is 12.4. The Hall–Kier alpha value is -4.07. The van der Waals surface area contributed by atoms with Crippen LogP contribution in [0.4, 0.5) is 16.2 Å². The molecule has 14 heteroatoms. The highest BCUT2D eigenvalue weighted by Gasteiger charge is 2.31. The van der Waals surface area contributed by atoms with Gasteiger partial charge in [-0.15, -0.1) is 0 Å². The van der Waals surface area contributed by atoms with Crippen molar-refractivity contribution in [3.63, 3.8) is 0 Å². The maximum atomic E-state index is 12.4. The summed E-state index contributed by atoms with van der Waals surface area (Å²) in [5, 5.41) is 32.1. The number of carbonyl (C=O) groups is 3. The first-order valence-electron chi connectivity index (χ1n) is 10.5. The van der Waals surface area contributed by atoms with E-state index in [2.05, 4.69) is 6.58 Å². The molecule has 1 aromatic carbocycles. The lowest BCUT2D eigenvalue weighted by Gasteiger charge is -2.30. The molecule has 35 heavy (non-hydrogen) atoms. The maximum Gasteiger partial charge on any atom is 0.410 e. The number of hydrogen-bond donors (Lipinski definition) is 1. The highest BCUT2D eigenvalue weighted by Crippen LogP contribution is 2.29. The van der Waals surface area contributed by atoms with Gasteiger partial charge >= 0.3 is 18.0 Å². The van der Waals surface area contributed by atoms with Gasteiger partial charge in [-0.05, 0) is 25.8 Å². The molecular weight excluding hydrogens is 470 g/mol. The molecule has 0 aliphatic carbocycles. The van der Waals surface area contributed by atoms with Crippen LogP contribution in [-0.2, 0) is 30.4 Å². The zero-order valence-corrected chi connectivity index (χ0v) is 18.9. The van der Waals surface area contributed by atoms with E-state index >= 15 is 0 Å². The van der Waals surface area contributed by atoms with Gasteiger partial charge in [-0.25, -0.2) is 9.59 Å². The number of nitrogens with zero attached hydrogens (tertiary/aromatic N) is 3. The van der Waals surface area contributed by atoms with Gasteiger partial charge in [0.15, 0.2) is 0 Å². The van der Waals surface area contributed by atoms with Crippen molar-refractivity contribution in [2.24, 2.45) is 5.92 Å². The summed E-state index contributed by atoms with van der Waals surface area (Å²) in [6.07, 6.45) is -1.57. The van der Waals surface area contributed by atoms with Crippen LogP contribution in [0.15, 0.2) is 30.4 Å². The molecule has 0 saturated carbocycles. The number of likely N-dealkylation sites (tertiary alicyclic amines) is 1. The third kappa shape index (κ3) is 7.74. The number of aliphatic hydroxyl groups is 1. The Morgan fingerprint density at radius 1 is 1.09 bits per heavy atom. The summed E-state index contributed by atoms with van der Waals surface area (Å²) in [5.74, 6) is -1.80. The third-order valence-corrected chi connectivity index (χ3v) is 5.12. The quantitative estimate of drug-likeness (QED) is 0.164. The Balaban J connectivity index is 1.81. The number of rotatable bonds is 10. The minimum Gasteiger partial charge on any atom is -0.463 e. The van der Waals surface area contributed by atoms with Crippen LogP contribution < -0.4 is 0 Å². The molecule has 0 radical (unpaired) electrons. The van der Waals surface area contributed by atoms with Crippen LogP contribution in [0.3, 0.4) is 0 Å². The molecule has 0 aromatic heterocycles. The Bertz CT molecular complexity index is 970. The number of benzene rings is 1. The predicted octanol–water partition coefficient (Wildman–Crippen LogP) is 1.87. The van der Waals surface area contributed by atoms with Crippen LogP contribution >= 0.6 is 0 Å². The van der Waals surface area contributed by atoms with E-state index in [1.165, 1.54) is 17.9 Å². The second-order valence-electron chi connectivity index (χ2n) is 7.77. The van der Waals surface area contributed by atoms with Gasteiger partial charge in [0, 0.05) is 30.8 Å². The number of ether oxygens (including phenoxy) is 3. The molecule has 1 fully saturated rings. The smallest absolute Gasteiger partial charge is 0.410 e. The largest absolute Gasteiger partial charge is 0.463 e. The monoisotopic (exact) mass is 495 g/mol. The standard InChI is InChI=1S/C21H25N3O11/c1-13(2)19(26)33-10-15(25)11-34-20(27)14-6-8-22(9-7-14)21(28)35-12-16-17(23(29)30)4-3-5-18(16)24(31)32/h3-5,14-15,25H,1,6-12H2,2H3. The first-order chi connectivity index (χ1) is 16.5. The molecule has 1 amide bonds. The number of nitro benzene ring substituents is 2. The molecule has 190 valence electrons. The molecule has 2 rings (SSSR count). The van der Waals surface area contributed by atoms with Crippen LogP contribution in [0.25, 0.3) is 0 Å². The number of carbonyl (C=O) groups excluding carboxylic acids is 3. The molecule has 0 spiro atoms. The molecule has 0 bridgehead atoms. The summed E-state index contributed by atoms with van der Waals surface area (Å²) in [6, 6.07) is 3.32. The number of hydrogen-bond acceptors (Lipinski definition) is 11. The minimum atomic E-state index is -1.21. The third-order valence-electron chi connectivity index (χ3n) is 5.12. The Morgan fingerprint density at radius 3 is 2.14 bits per heavy atom. The van der Waals surface area contributed by atoms with Crippen LogP contribution in [-0.4, -0.2) is 70.3 Å². The lowest BCUT2D eigenvalue weighted by molar-refractivity contribution is -0.396. The molecule has 1 aliphatic rings. The van der Waals surface area contributed by atoms with Crippen LogP contribution in [0.5, 0.6) is 0 Å². The summed E-state index contributed by atoms with van der Waals surface area (Å²) in [5.41, 5.74) is -1.24. The summed E-state index contributed by atoms with van der Waals surface area (Å²) in [4.78, 5) is 57.9. The van der Waals surface area contributed by atoms with E-state index in [9.17, 15) is 39.7 Å². The molecule has 1 aliphatic heterocycles. The summed E-state index contributed by atoms with van der Waals surface area (Å²) >= 11 is 0. The fourth-order valence-electron chi connectivity index (χ4n) is 3.22. The maximum absolute atomic E-state index is 12.4. The van der Waals surface area contributed by atoms with E-state index < -0.39 is 57.9 Å². The second-order valence-corrected chi connectivity index (χ2v) is 7.77. The molecule has 1 atom stereocenters. The van der Waals surface area contributed by atoms with Crippen molar-refractivity contribution in [3.8, 4) is 0 Å². The van der Waals surface area contributed by atoms with Gasteiger partial charge in [-0.1, -0.05) is 6.58 Å². The van der Waals surface area contributed by atoms with Crippen LogP contribution in [0.2, 0.25) is 0 Å². The molecule has 14 nitrogen and oxygen atoms in total. The first kappa shape index (κ1) is 27.2. The van der Waals surface area contributed by atoms with E-state index in [0.717, 1.165) is 12.1 Å². The normalized spacial score (nSPS) is 14.5. The van der Waals surface area contributed by atoms with Crippen molar-refractivity contribution in [2.75, 3.05) is 26.3 Å². The average Bonchev–Trinajstić information content (AvgIpc) is 2.83. The average molecular weight is 495 g/mol. The molecule has 1 unspecified atom stereocenters. The highest BCUT2D eigenvalue weighted by molar-refractivity contribution is 5.86. The number of aliphatic hydroxyl groups excluding tert-OH is 1. The van der Waals surface area contributed by atoms with Gasteiger partial charge in [0.2, 0.25) is 0 Å². The molecular formula is C21H25N3O11. The van der Waals surface area contributed by atoms with Crippen molar-refractivity contribution < 1.29 is 43.5 Å². The van der Waals surface area contributed by atoms with E-state index in [0.29, 0.717) is 0 Å².